The molecule has 6 nitrogen and oxygen atoms in total. The number of carbonyl (C=O) groups is 2. The van der Waals surface area contributed by atoms with E-state index in [2.05, 4.69) is 15.5 Å². The second-order valence-corrected chi connectivity index (χ2v) is 8.37. The SMILES string of the molecule is N=C(c1ccc(C(=O)Nc2ccccc2C(=O)Nc2ccc(Cl)cc2)cc1)N1CCCCC1. The molecule has 168 valence electrons. The lowest BCUT2D eigenvalue weighted by molar-refractivity contribution is 0.102. The van der Waals surface area contributed by atoms with E-state index < -0.39 is 0 Å². The second-order valence-electron chi connectivity index (χ2n) is 7.93. The highest BCUT2D eigenvalue weighted by molar-refractivity contribution is 6.30. The molecule has 7 heteroatoms. The van der Waals surface area contributed by atoms with Gasteiger partial charge in [0, 0.05) is 34.9 Å². The van der Waals surface area contributed by atoms with Gasteiger partial charge in [-0.3, -0.25) is 15.0 Å². The largest absolute Gasteiger partial charge is 0.357 e. The van der Waals surface area contributed by atoms with Gasteiger partial charge in [0.25, 0.3) is 11.8 Å². The van der Waals surface area contributed by atoms with Crippen LogP contribution < -0.4 is 10.6 Å². The van der Waals surface area contributed by atoms with Gasteiger partial charge in [0.05, 0.1) is 11.3 Å². The predicted molar refractivity (Wildman–Crippen MR) is 132 cm³/mol. The van der Waals surface area contributed by atoms with Crippen LogP contribution in [0.1, 0.15) is 45.5 Å². The average molecular weight is 461 g/mol. The van der Waals surface area contributed by atoms with Crippen molar-refractivity contribution < 1.29 is 9.59 Å². The zero-order valence-corrected chi connectivity index (χ0v) is 18.9. The number of nitrogens with one attached hydrogen (secondary N) is 3. The molecular weight excluding hydrogens is 436 g/mol. The zero-order valence-electron chi connectivity index (χ0n) is 18.1. The zero-order chi connectivity index (χ0) is 23.2. The molecule has 3 aromatic carbocycles. The quantitative estimate of drug-likeness (QED) is 0.339. The molecule has 0 saturated carbocycles. The number of para-hydroxylation sites is 1. The molecule has 0 aliphatic carbocycles. The fourth-order valence-corrected chi connectivity index (χ4v) is 3.92. The van der Waals surface area contributed by atoms with Crippen molar-refractivity contribution in [3.8, 4) is 0 Å². The lowest BCUT2D eigenvalue weighted by atomic mass is 10.1. The molecule has 1 heterocycles. The van der Waals surface area contributed by atoms with E-state index in [4.69, 9.17) is 17.0 Å². The molecule has 0 radical (unpaired) electrons. The Labute approximate surface area is 198 Å². The lowest BCUT2D eigenvalue weighted by Crippen LogP contribution is -2.35. The molecule has 1 aliphatic rings. The van der Waals surface area contributed by atoms with Crippen LogP contribution in [-0.4, -0.2) is 35.6 Å². The third kappa shape index (κ3) is 5.59. The number of amidine groups is 1. The first-order valence-corrected chi connectivity index (χ1v) is 11.3. The Morgan fingerprint density at radius 2 is 1.39 bits per heavy atom. The molecule has 3 N–H and O–H groups in total. The summed E-state index contributed by atoms with van der Waals surface area (Å²) in [5.41, 5.74) is 2.62. The summed E-state index contributed by atoms with van der Waals surface area (Å²) >= 11 is 5.90. The van der Waals surface area contributed by atoms with Crippen LogP contribution in [0.5, 0.6) is 0 Å². The highest BCUT2D eigenvalue weighted by Crippen LogP contribution is 2.20. The molecule has 33 heavy (non-hydrogen) atoms. The molecule has 1 saturated heterocycles. The number of nitrogens with zero attached hydrogens (tertiary/aromatic N) is 1. The van der Waals surface area contributed by atoms with Gasteiger partial charge in [-0.2, -0.15) is 0 Å². The third-order valence-electron chi connectivity index (χ3n) is 5.61. The number of rotatable bonds is 5. The Kier molecular flexibility index (Phi) is 7.05. The molecule has 3 aromatic rings. The van der Waals surface area contributed by atoms with E-state index in [9.17, 15) is 9.59 Å². The van der Waals surface area contributed by atoms with E-state index in [-0.39, 0.29) is 11.8 Å². The standard InChI is InChI=1S/C26H25ClN4O2/c27-20-12-14-21(15-13-20)29-26(33)22-6-2-3-7-23(22)30-25(32)19-10-8-18(9-11-19)24(28)31-16-4-1-5-17-31/h2-3,6-15,28H,1,4-5,16-17H2,(H,29,33)(H,30,32). The predicted octanol–water partition coefficient (Wildman–Crippen LogP) is 5.66. The van der Waals surface area contributed by atoms with Crippen molar-refractivity contribution >= 4 is 40.6 Å². The Morgan fingerprint density at radius 1 is 0.758 bits per heavy atom. The van der Waals surface area contributed by atoms with E-state index in [1.807, 2.05) is 0 Å². The number of benzene rings is 3. The molecule has 0 aromatic heterocycles. The smallest absolute Gasteiger partial charge is 0.257 e. The van der Waals surface area contributed by atoms with Crippen LogP contribution in [0.3, 0.4) is 0 Å². The molecule has 1 fully saturated rings. The Bertz CT molecular complexity index is 1150. The first-order chi connectivity index (χ1) is 16.0. The topological polar surface area (TPSA) is 85.3 Å². The minimum absolute atomic E-state index is 0.321. The summed E-state index contributed by atoms with van der Waals surface area (Å²) in [6.45, 7) is 1.80. The summed E-state index contributed by atoms with van der Waals surface area (Å²) < 4.78 is 0. The van der Waals surface area contributed by atoms with Crippen LogP contribution in [0.4, 0.5) is 11.4 Å². The highest BCUT2D eigenvalue weighted by atomic mass is 35.5. The Balaban J connectivity index is 1.44. The summed E-state index contributed by atoms with van der Waals surface area (Å²) in [7, 11) is 0. The highest BCUT2D eigenvalue weighted by Gasteiger charge is 2.17. The molecule has 0 unspecified atom stereocenters. The number of halogens is 1. The normalized spacial score (nSPS) is 13.3. The van der Waals surface area contributed by atoms with E-state index in [1.54, 1.807) is 72.8 Å². The number of piperidine rings is 1. The maximum Gasteiger partial charge on any atom is 0.257 e. The van der Waals surface area contributed by atoms with Gasteiger partial charge < -0.3 is 15.5 Å². The molecular formula is C26H25ClN4O2. The minimum Gasteiger partial charge on any atom is -0.357 e. The van der Waals surface area contributed by atoms with E-state index in [0.29, 0.717) is 33.4 Å². The van der Waals surface area contributed by atoms with Crippen molar-refractivity contribution in [1.82, 2.24) is 4.90 Å². The van der Waals surface area contributed by atoms with Gasteiger partial charge in [0.15, 0.2) is 0 Å². The summed E-state index contributed by atoms with van der Waals surface area (Å²) in [5.74, 6) is -0.165. The van der Waals surface area contributed by atoms with Crippen LogP contribution in [0.25, 0.3) is 0 Å². The van der Waals surface area contributed by atoms with E-state index in [0.717, 1.165) is 31.5 Å². The van der Waals surface area contributed by atoms with Crippen molar-refractivity contribution in [2.75, 3.05) is 23.7 Å². The van der Waals surface area contributed by atoms with Gasteiger partial charge in [-0.25, -0.2) is 0 Å². The van der Waals surface area contributed by atoms with Crippen LogP contribution in [-0.2, 0) is 0 Å². The minimum atomic E-state index is -0.335. The molecule has 2 amide bonds. The average Bonchev–Trinajstić information content (AvgIpc) is 2.86. The van der Waals surface area contributed by atoms with Crippen molar-refractivity contribution in [3.05, 3.63) is 94.5 Å². The van der Waals surface area contributed by atoms with E-state index >= 15 is 0 Å². The van der Waals surface area contributed by atoms with Crippen molar-refractivity contribution in [3.63, 3.8) is 0 Å². The summed E-state index contributed by atoms with van der Waals surface area (Å²) in [5, 5.41) is 14.7. The molecule has 4 rings (SSSR count). The molecule has 0 spiro atoms. The summed E-state index contributed by atoms with van der Waals surface area (Å²) in [6.07, 6.45) is 3.42. The van der Waals surface area contributed by atoms with Crippen molar-refractivity contribution in [2.24, 2.45) is 0 Å². The second kappa shape index (κ2) is 10.3. The van der Waals surface area contributed by atoms with Gasteiger partial charge in [-0.1, -0.05) is 35.9 Å². The number of carbonyl (C=O) groups excluding carboxylic acids is 2. The van der Waals surface area contributed by atoms with Gasteiger partial charge in [-0.05, 0) is 67.8 Å². The van der Waals surface area contributed by atoms with Crippen molar-refractivity contribution in [2.45, 2.75) is 19.3 Å². The number of hydrogen-bond donors (Lipinski definition) is 3. The molecule has 0 atom stereocenters. The van der Waals surface area contributed by atoms with Gasteiger partial charge >= 0.3 is 0 Å². The van der Waals surface area contributed by atoms with Crippen LogP contribution in [0.2, 0.25) is 5.02 Å². The number of hydrogen-bond acceptors (Lipinski definition) is 3. The number of amides is 2. The Morgan fingerprint density at radius 3 is 2.09 bits per heavy atom. The first-order valence-electron chi connectivity index (χ1n) is 10.9. The number of likely N-dealkylation sites (tertiary alicyclic amines) is 1. The van der Waals surface area contributed by atoms with Gasteiger partial charge in [0.1, 0.15) is 5.84 Å². The summed E-state index contributed by atoms with van der Waals surface area (Å²) in [4.78, 5) is 27.7. The lowest BCUT2D eigenvalue weighted by Gasteiger charge is -2.29. The van der Waals surface area contributed by atoms with Gasteiger partial charge in [-0.15, -0.1) is 0 Å². The van der Waals surface area contributed by atoms with Crippen LogP contribution >= 0.6 is 11.6 Å². The Hall–Kier alpha value is -3.64. The van der Waals surface area contributed by atoms with Crippen LogP contribution in [0, 0.1) is 5.41 Å². The van der Waals surface area contributed by atoms with Gasteiger partial charge in [0.2, 0.25) is 0 Å². The molecule has 0 bridgehead atoms. The first kappa shape index (κ1) is 22.6. The van der Waals surface area contributed by atoms with E-state index in [1.165, 1.54) is 6.42 Å². The maximum absolute atomic E-state index is 12.8. The fraction of sp³-hybridized carbons (Fsp3) is 0.192. The maximum atomic E-state index is 12.8. The fourth-order valence-electron chi connectivity index (χ4n) is 3.80. The van der Waals surface area contributed by atoms with Crippen molar-refractivity contribution in [1.29, 1.82) is 5.41 Å². The molecule has 1 aliphatic heterocycles. The summed E-state index contributed by atoms with van der Waals surface area (Å²) in [6, 6.07) is 20.7. The number of anilines is 2. The van der Waals surface area contributed by atoms with Crippen LogP contribution in [0.15, 0.2) is 72.8 Å². The third-order valence-corrected chi connectivity index (χ3v) is 5.87. The monoisotopic (exact) mass is 460 g/mol.